The molecule has 164 valence electrons. The van der Waals surface area contributed by atoms with E-state index in [0.29, 0.717) is 24.1 Å². The number of ether oxygens (including phenoxy) is 1. The van der Waals surface area contributed by atoms with Gasteiger partial charge in [0.15, 0.2) is 0 Å². The quantitative estimate of drug-likeness (QED) is 0.528. The summed E-state index contributed by atoms with van der Waals surface area (Å²) >= 11 is 0. The monoisotopic (exact) mass is 430 g/mol. The summed E-state index contributed by atoms with van der Waals surface area (Å²) < 4.78 is 5.27. The van der Waals surface area contributed by atoms with Crippen LogP contribution in [-0.2, 0) is 4.79 Å². The Kier molecular flexibility index (Phi) is 6.23. The zero-order chi connectivity index (χ0) is 22.7. The molecular formula is C26H26N2O4. The highest BCUT2D eigenvalue weighted by Crippen LogP contribution is 2.46. The first-order valence-electron chi connectivity index (χ1n) is 10.6. The lowest BCUT2D eigenvalue weighted by Gasteiger charge is -2.48. The van der Waals surface area contributed by atoms with Gasteiger partial charge in [-0.25, -0.2) is 0 Å². The maximum atomic E-state index is 13.2. The summed E-state index contributed by atoms with van der Waals surface area (Å²) in [6.45, 7) is 0. The molecule has 1 saturated heterocycles. The molecule has 3 unspecified atom stereocenters. The van der Waals surface area contributed by atoms with Crippen LogP contribution < -0.4 is 15.4 Å². The number of amides is 2. The molecule has 0 saturated carbocycles. The Hall–Kier alpha value is -3.64. The number of anilines is 1. The first-order valence-corrected chi connectivity index (χ1v) is 10.6. The maximum absolute atomic E-state index is 13.2. The Morgan fingerprint density at radius 1 is 1.03 bits per heavy atom. The van der Waals surface area contributed by atoms with Gasteiger partial charge in [0.2, 0.25) is 11.8 Å². The number of hydrogen-bond acceptors (Lipinski definition) is 4. The summed E-state index contributed by atoms with van der Waals surface area (Å²) in [7, 11) is 1.61. The molecule has 0 aromatic heterocycles. The van der Waals surface area contributed by atoms with Crippen molar-refractivity contribution >= 4 is 17.5 Å². The molecule has 6 nitrogen and oxygen atoms in total. The van der Waals surface area contributed by atoms with Gasteiger partial charge >= 0.3 is 0 Å². The van der Waals surface area contributed by atoms with E-state index in [1.165, 1.54) is 0 Å². The molecule has 3 N–H and O–H groups in total. The standard InChI is InChI=1S/C26H26N2O4/c1-32-21-13-9-18(10-14-21)24-22(15-16-23(29)17-5-3-2-4-6-17)26(31)28(24)20-11-7-19(8-12-20)25(27)30/h2-14,22-24,29H,15-16H2,1H3,(H2,27,30). The van der Waals surface area contributed by atoms with Crippen LogP contribution in [0.25, 0.3) is 0 Å². The molecule has 0 spiro atoms. The summed E-state index contributed by atoms with van der Waals surface area (Å²) in [5, 5.41) is 10.6. The summed E-state index contributed by atoms with van der Waals surface area (Å²) in [5.41, 5.74) is 8.28. The maximum Gasteiger partial charge on any atom is 0.248 e. The smallest absolute Gasteiger partial charge is 0.248 e. The van der Waals surface area contributed by atoms with Crippen LogP contribution in [0, 0.1) is 5.92 Å². The number of carbonyl (C=O) groups is 2. The lowest BCUT2D eigenvalue weighted by molar-refractivity contribution is -0.131. The first-order chi connectivity index (χ1) is 15.5. The lowest BCUT2D eigenvalue weighted by atomic mass is 9.78. The fraction of sp³-hybridized carbons (Fsp3) is 0.231. The van der Waals surface area contributed by atoms with Crippen molar-refractivity contribution < 1.29 is 19.4 Å². The minimum Gasteiger partial charge on any atom is -0.497 e. The van der Waals surface area contributed by atoms with Crippen molar-refractivity contribution in [2.24, 2.45) is 11.7 Å². The molecule has 32 heavy (non-hydrogen) atoms. The van der Waals surface area contributed by atoms with E-state index in [1.54, 1.807) is 36.3 Å². The van der Waals surface area contributed by atoms with Crippen LogP contribution in [0.3, 0.4) is 0 Å². The van der Waals surface area contributed by atoms with Gasteiger partial charge in [-0.15, -0.1) is 0 Å². The predicted molar refractivity (Wildman–Crippen MR) is 122 cm³/mol. The van der Waals surface area contributed by atoms with Crippen LogP contribution in [-0.4, -0.2) is 24.0 Å². The van der Waals surface area contributed by atoms with Crippen molar-refractivity contribution in [2.75, 3.05) is 12.0 Å². The van der Waals surface area contributed by atoms with E-state index in [2.05, 4.69) is 0 Å². The average molecular weight is 431 g/mol. The highest BCUT2D eigenvalue weighted by molar-refractivity contribution is 6.03. The molecule has 0 bridgehead atoms. The van der Waals surface area contributed by atoms with Gasteiger partial charge in [0.1, 0.15) is 5.75 Å². The van der Waals surface area contributed by atoms with Gasteiger partial charge in [0.25, 0.3) is 0 Å². The van der Waals surface area contributed by atoms with E-state index in [0.717, 1.165) is 16.9 Å². The third kappa shape index (κ3) is 4.22. The third-order valence-electron chi connectivity index (χ3n) is 6.04. The van der Waals surface area contributed by atoms with Gasteiger partial charge in [0.05, 0.1) is 25.2 Å². The van der Waals surface area contributed by atoms with Crippen molar-refractivity contribution in [3.8, 4) is 5.75 Å². The molecule has 1 fully saturated rings. The number of nitrogens with zero attached hydrogens (tertiary/aromatic N) is 1. The number of β-lactam (4-membered cyclic amide) rings is 1. The second-order valence-corrected chi connectivity index (χ2v) is 7.95. The zero-order valence-electron chi connectivity index (χ0n) is 17.8. The predicted octanol–water partition coefficient (Wildman–Crippen LogP) is 4.01. The highest BCUT2D eigenvalue weighted by Gasteiger charge is 2.48. The number of aliphatic hydroxyl groups excluding tert-OH is 1. The number of primary amides is 1. The average Bonchev–Trinajstić information content (AvgIpc) is 2.83. The second-order valence-electron chi connectivity index (χ2n) is 7.95. The van der Waals surface area contributed by atoms with E-state index < -0.39 is 12.0 Å². The fourth-order valence-electron chi connectivity index (χ4n) is 4.27. The van der Waals surface area contributed by atoms with Crippen LogP contribution in [0.5, 0.6) is 5.75 Å². The van der Waals surface area contributed by atoms with Gasteiger partial charge in [-0.2, -0.15) is 0 Å². The summed E-state index contributed by atoms with van der Waals surface area (Å²) in [6.07, 6.45) is 0.424. The van der Waals surface area contributed by atoms with E-state index in [9.17, 15) is 14.7 Å². The molecule has 2 amide bonds. The molecule has 3 aromatic carbocycles. The molecule has 6 heteroatoms. The molecule has 1 heterocycles. The summed E-state index contributed by atoms with van der Waals surface area (Å²) in [4.78, 5) is 26.3. The Labute approximate surface area is 187 Å². The molecule has 1 aliphatic heterocycles. The van der Waals surface area contributed by atoms with Crippen LogP contribution in [0.4, 0.5) is 5.69 Å². The Morgan fingerprint density at radius 2 is 1.69 bits per heavy atom. The fourth-order valence-corrected chi connectivity index (χ4v) is 4.27. The zero-order valence-corrected chi connectivity index (χ0v) is 17.8. The number of nitrogens with two attached hydrogens (primary N) is 1. The van der Waals surface area contributed by atoms with Crippen LogP contribution in [0.15, 0.2) is 78.9 Å². The molecule has 3 atom stereocenters. The first kappa shape index (κ1) is 21.6. The number of rotatable bonds is 8. The molecule has 1 aliphatic rings. The van der Waals surface area contributed by atoms with Gasteiger partial charge in [0, 0.05) is 11.3 Å². The lowest BCUT2D eigenvalue weighted by Crippen LogP contribution is -2.55. The Balaban J connectivity index is 1.57. The van der Waals surface area contributed by atoms with Crippen LogP contribution >= 0.6 is 0 Å². The van der Waals surface area contributed by atoms with Crippen LogP contribution in [0.2, 0.25) is 0 Å². The number of aliphatic hydroxyl groups is 1. The van der Waals surface area contributed by atoms with Gasteiger partial charge < -0.3 is 20.5 Å². The van der Waals surface area contributed by atoms with Crippen molar-refractivity contribution in [3.05, 3.63) is 95.6 Å². The third-order valence-corrected chi connectivity index (χ3v) is 6.04. The SMILES string of the molecule is COc1ccc(C2C(CCC(O)c3ccccc3)C(=O)N2c2ccc(C(N)=O)cc2)cc1. The number of hydrogen-bond donors (Lipinski definition) is 2. The topological polar surface area (TPSA) is 92.9 Å². The van der Waals surface area contributed by atoms with E-state index >= 15 is 0 Å². The number of methoxy groups -OCH3 is 1. The second kappa shape index (κ2) is 9.24. The normalized spacial score (nSPS) is 18.7. The number of benzene rings is 3. The Bertz CT molecular complexity index is 1080. The Morgan fingerprint density at radius 3 is 2.28 bits per heavy atom. The van der Waals surface area contributed by atoms with Crippen molar-refractivity contribution in [1.29, 1.82) is 0 Å². The summed E-state index contributed by atoms with van der Waals surface area (Å²) in [6, 6.07) is 23.7. The minimum atomic E-state index is -0.621. The van der Waals surface area contributed by atoms with Crippen LogP contribution in [0.1, 0.15) is 46.5 Å². The van der Waals surface area contributed by atoms with Crippen molar-refractivity contribution in [3.63, 3.8) is 0 Å². The van der Waals surface area contributed by atoms with Crippen molar-refractivity contribution in [2.45, 2.75) is 25.0 Å². The molecular weight excluding hydrogens is 404 g/mol. The minimum absolute atomic E-state index is 0.00194. The highest BCUT2D eigenvalue weighted by atomic mass is 16.5. The largest absolute Gasteiger partial charge is 0.497 e. The van der Waals surface area contributed by atoms with Gasteiger partial charge in [-0.3, -0.25) is 9.59 Å². The molecule has 0 radical (unpaired) electrons. The molecule has 4 rings (SSSR count). The van der Waals surface area contributed by atoms with Crippen molar-refractivity contribution in [1.82, 2.24) is 0 Å². The van der Waals surface area contributed by atoms with E-state index in [-0.39, 0.29) is 17.9 Å². The number of carbonyl (C=O) groups excluding carboxylic acids is 2. The van der Waals surface area contributed by atoms with Gasteiger partial charge in [-0.05, 0) is 60.4 Å². The van der Waals surface area contributed by atoms with Gasteiger partial charge in [-0.1, -0.05) is 42.5 Å². The van der Waals surface area contributed by atoms with E-state index in [1.807, 2.05) is 54.6 Å². The molecule has 0 aliphatic carbocycles. The summed E-state index contributed by atoms with van der Waals surface area (Å²) in [5.74, 6) is -0.0192. The molecule has 3 aromatic rings. The van der Waals surface area contributed by atoms with E-state index in [4.69, 9.17) is 10.5 Å².